The van der Waals surface area contributed by atoms with Crippen LogP contribution in [-0.4, -0.2) is 48.9 Å². The summed E-state index contributed by atoms with van der Waals surface area (Å²) in [6.45, 7) is 4.90. The Bertz CT molecular complexity index is 728. The van der Waals surface area contributed by atoms with Crippen molar-refractivity contribution < 1.29 is 19.4 Å². The molecule has 0 spiro atoms. The number of hydrogen-bond acceptors (Lipinski definition) is 5. The number of ether oxygens (including phenoxy) is 2. The Morgan fingerprint density at radius 3 is 2.96 bits per heavy atom. The lowest BCUT2D eigenvalue weighted by Gasteiger charge is -2.31. The van der Waals surface area contributed by atoms with Crippen LogP contribution in [0, 0.1) is 0 Å². The number of carbonyl (C=O) groups excluding carboxylic acids is 1. The summed E-state index contributed by atoms with van der Waals surface area (Å²) in [4.78, 5) is 14.2. The van der Waals surface area contributed by atoms with Crippen LogP contribution in [0.3, 0.4) is 0 Å². The summed E-state index contributed by atoms with van der Waals surface area (Å²) < 4.78 is 10.4. The molecule has 1 unspecified atom stereocenters. The van der Waals surface area contributed by atoms with Crippen LogP contribution < -0.4 is 0 Å². The zero-order valence-corrected chi connectivity index (χ0v) is 13.4. The molecule has 2 aromatic carbocycles. The van der Waals surface area contributed by atoms with Crippen molar-refractivity contribution in [3.8, 4) is 5.75 Å². The van der Waals surface area contributed by atoms with Crippen molar-refractivity contribution in [2.24, 2.45) is 0 Å². The Labute approximate surface area is 135 Å². The van der Waals surface area contributed by atoms with Crippen molar-refractivity contribution in [2.75, 3.05) is 26.8 Å². The number of phenolic OH excluding ortho intramolecular Hbond substituents is 1. The van der Waals surface area contributed by atoms with Gasteiger partial charge in [-0.15, -0.1) is 0 Å². The second-order valence-corrected chi connectivity index (χ2v) is 5.88. The van der Waals surface area contributed by atoms with Gasteiger partial charge >= 0.3 is 5.97 Å². The summed E-state index contributed by atoms with van der Waals surface area (Å²) in [6, 6.07) is 9.44. The predicted octanol–water partition coefficient (Wildman–Crippen LogP) is 2.55. The van der Waals surface area contributed by atoms with Crippen LogP contribution in [0.4, 0.5) is 0 Å². The van der Waals surface area contributed by atoms with Crippen LogP contribution in [-0.2, 0) is 16.0 Å². The topological polar surface area (TPSA) is 59.0 Å². The van der Waals surface area contributed by atoms with Crippen molar-refractivity contribution in [3.05, 3.63) is 41.5 Å². The van der Waals surface area contributed by atoms with Crippen molar-refractivity contribution in [1.29, 1.82) is 0 Å². The van der Waals surface area contributed by atoms with Crippen LogP contribution in [0.2, 0.25) is 0 Å². The molecule has 0 aromatic heterocycles. The molecule has 0 bridgehead atoms. The van der Waals surface area contributed by atoms with E-state index in [0.29, 0.717) is 13.2 Å². The lowest BCUT2D eigenvalue weighted by atomic mass is 9.98. The van der Waals surface area contributed by atoms with Crippen molar-refractivity contribution >= 4 is 16.7 Å². The Morgan fingerprint density at radius 1 is 1.43 bits per heavy atom. The molecule has 1 N–H and O–H groups in total. The highest BCUT2D eigenvalue weighted by molar-refractivity contribution is 6.00. The van der Waals surface area contributed by atoms with Crippen LogP contribution >= 0.6 is 0 Å². The third-order valence-electron chi connectivity index (χ3n) is 4.24. The minimum atomic E-state index is -0.523. The maximum Gasteiger partial charge on any atom is 0.341 e. The fraction of sp³-hybridized carbons (Fsp3) is 0.389. The van der Waals surface area contributed by atoms with Crippen molar-refractivity contribution in [2.45, 2.75) is 19.6 Å². The first-order valence-electron chi connectivity index (χ1n) is 7.76. The largest absolute Gasteiger partial charge is 0.507 e. The molecule has 0 amide bonds. The molecule has 1 fully saturated rings. The maximum atomic E-state index is 12.0. The van der Waals surface area contributed by atoms with E-state index in [9.17, 15) is 9.90 Å². The van der Waals surface area contributed by atoms with Gasteiger partial charge in [0.05, 0.1) is 19.8 Å². The second kappa shape index (κ2) is 6.56. The Balaban J connectivity index is 2.06. The zero-order chi connectivity index (χ0) is 16.4. The number of nitrogens with zero attached hydrogens (tertiary/aromatic N) is 1. The van der Waals surface area contributed by atoms with Gasteiger partial charge in [0.25, 0.3) is 0 Å². The highest BCUT2D eigenvalue weighted by Crippen LogP contribution is 2.33. The number of morpholine rings is 1. The van der Waals surface area contributed by atoms with Crippen molar-refractivity contribution in [3.63, 3.8) is 0 Å². The molecule has 1 atom stereocenters. The molecule has 1 aliphatic rings. The lowest BCUT2D eigenvalue weighted by Crippen LogP contribution is -2.40. The van der Waals surface area contributed by atoms with Gasteiger partial charge < -0.3 is 14.6 Å². The van der Waals surface area contributed by atoms with Crippen LogP contribution in [0.5, 0.6) is 5.75 Å². The van der Waals surface area contributed by atoms with E-state index in [4.69, 9.17) is 9.47 Å². The van der Waals surface area contributed by atoms with Crippen LogP contribution in [0.1, 0.15) is 22.8 Å². The lowest BCUT2D eigenvalue weighted by molar-refractivity contribution is -0.0212. The van der Waals surface area contributed by atoms with Gasteiger partial charge in [0.1, 0.15) is 11.3 Å². The number of rotatable bonds is 3. The molecular formula is C18H21NO4. The number of hydrogen-bond donors (Lipinski definition) is 1. The van der Waals surface area contributed by atoms with Crippen LogP contribution in [0.25, 0.3) is 10.8 Å². The fourth-order valence-electron chi connectivity index (χ4n) is 3.10. The fourth-order valence-corrected chi connectivity index (χ4v) is 3.10. The summed E-state index contributed by atoms with van der Waals surface area (Å²) in [5, 5.41) is 12.5. The maximum absolute atomic E-state index is 12.0. The molecule has 0 aliphatic carbocycles. The predicted molar refractivity (Wildman–Crippen MR) is 87.6 cm³/mol. The molecular weight excluding hydrogens is 294 g/mol. The molecule has 1 aliphatic heterocycles. The average molecular weight is 315 g/mol. The standard InChI is InChI=1S/C18H21NO4/c1-12-10-19(7-8-23-12)11-16-14-6-4-3-5-13(14)9-15(17(16)20)18(21)22-2/h3-6,9,12,20H,7-8,10-11H2,1-2H3. The Morgan fingerprint density at radius 2 is 2.22 bits per heavy atom. The van der Waals surface area contributed by atoms with Gasteiger partial charge in [0.15, 0.2) is 0 Å². The minimum Gasteiger partial charge on any atom is -0.507 e. The average Bonchev–Trinajstić information content (AvgIpc) is 2.56. The third kappa shape index (κ3) is 3.16. The first kappa shape index (κ1) is 15.8. The molecule has 1 heterocycles. The highest BCUT2D eigenvalue weighted by Gasteiger charge is 2.22. The number of esters is 1. The van der Waals surface area contributed by atoms with E-state index in [1.807, 2.05) is 31.2 Å². The first-order chi connectivity index (χ1) is 11.1. The van der Waals surface area contributed by atoms with Gasteiger partial charge in [-0.2, -0.15) is 0 Å². The van der Waals surface area contributed by atoms with Gasteiger partial charge in [0.2, 0.25) is 0 Å². The number of methoxy groups -OCH3 is 1. The number of phenols is 1. The smallest absolute Gasteiger partial charge is 0.341 e. The van der Waals surface area contributed by atoms with E-state index < -0.39 is 5.97 Å². The molecule has 2 aromatic rings. The number of benzene rings is 2. The van der Waals surface area contributed by atoms with E-state index in [-0.39, 0.29) is 17.4 Å². The van der Waals surface area contributed by atoms with E-state index in [2.05, 4.69) is 4.90 Å². The second-order valence-electron chi connectivity index (χ2n) is 5.88. The minimum absolute atomic E-state index is 0.00898. The zero-order valence-electron chi connectivity index (χ0n) is 13.4. The summed E-state index contributed by atoms with van der Waals surface area (Å²) in [5.41, 5.74) is 0.972. The Hall–Kier alpha value is -2.11. The summed E-state index contributed by atoms with van der Waals surface area (Å²) in [5.74, 6) is -0.514. The number of fused-ring (bicyclic) bond motifs is 1. The first-order valence-corrected chi connectivity index (χ1v) is 7.76. The van der Waals surface area contributed by atoms with E-state index in [1.165, 1.54) is 7.11 Å². The van der Waals surface area contributed by atoms with Crippen LogP contribution in [0.15, 0.2) is 30.3 Å². The van der Waals surface area contributed by atoms with E-state index in [0.717, 1.165) is 29.4 Å². The SMILES string of the molecule is COC(=O)c1cc2ccccc2c(CN2CCOC(C)C2)c1O. The molecule has 23 heavy (non-hydrogen) atoms. The molecule has 122 valence electrons. The highest BCUT2D eigenvalue weighted by atomic mass is 16.5. The third-order valence-corrected chi connectivity index (χ3v) is 4.24. The van der Waals surface area contributed by atoms with Gasteiger partial charge in [-0.3, -0.25) is 4.90 Å². The monoisotopic (exact) mass is 315 g/mol. The summed E-state index contributed by atoms with van der Waals surface area (Å²) in [6.07, 6.45) is 0.168. The Kier molecular flexibility index (Phi) is 4.50. The van der Waals surface area contributed by atoms with Gasteiger partial charge in [-0.25, -0.2) is 4.79 Å². The van der Waals surface area contributed by atoms with Gasteiger partial charge in [0, 0.05) is 25.2 Å². The van der Waals surface area contributed by atoms with Gasteiger partial charge in [-0.05, 0) is 23.8 Å². The number of carbonyl (C=O) groups is 1. The van der Waals surface area contributed by atoms with E-state index >= 15 is 0 Å². The molecule has 3 rings (SSSR count). The molecule has 0 radical (unpaired) electrons. The normalized spacial score (nSPS) is 19.0. The summed E-state index contributed by atoms with van der Waals surface area (Å²) in [7, 11) is 1.32. The molecule has 5 heteroatoms. The molecule has 1 saturated heterocycles. The van der Waals surface area contributed by atoms with Gasteiger partial charge in [-0.1, -0.05) is 24.3 Å². The quantitative estimate of drug-likeness (QED) is 0.882. The van der Waals surface area contributed by atoms with Crippen molar-refractivity contribution in [1.82, 2.24) is 4.90 Å². The summed E-state index contributed by atoms with van der Waals surface area (Å²) >= 11 is 0. The van der Waals surface area contributed by atoms with E-state index in [1.54, 1.807) is 6.07 Å². The molecule has 0 saturated carbocycles. The molecule has 5 nitrogen and oxygen atoms in total. The number of aromatic hydroxyl groups is 1.